The number of aliphatic hydroxyl groups is 1. The number of carbonyl (C=O) groups is 3. The van der Waals surface area contributed by atoms with Crippen molar-refractivity contribution in [2.45, 2.75) is 46.0 Å². The monoisotopic (exact) mass is 478 g/mol. The number of methoxy groups -OCH3 is 1. The number of carbonyl (C=O) groups excluding carboxylic acids is 3. The van der Waals surface area contributed by atoms with Crippen LogP contribution < -0.4 is 0 Å². The molecule has 0 amide bonds. The van der Waals surface area contributed by atoms with Crippen LogP contribution in [0.25, 0.3) is 0 Å². The molecule has 0 radical (unpaired) electrons. The van der Waals surface area contributed by atoms with E-state index in [9.17, 15) is 19.5 Å². The van der Waals surface area contributed by atoms with Crippen LogP contribution in [0.5, 0.6) is 0 Å². The van der Waals surface area contributed by atoms with Crippen molar-refractivity contribution in [1.82, 2.24) is 0 Å². The average molecular weight is 479 g/mol. The van der Waals surface area contributed by atoms with Crippen LogP contribution in [0.2, 0.25) is 0 Å². The Balaban J connectivity index is 0.000000285. The van der Waals surface area contributed by atoms with E-state index in [4.69, 9.17) is 4.74 Å². The zero-order valence-electron chi connectivity index (χ0n) is 20.9. The standard InChI is InChI=1S/C14H12O2.C9H8O3.C6H14O/c15-13(11-7-3-1-4-8-11)14(16)12-9-5-2-6-10-12;1-12-9(11)8(10)7-5-3-2-4-6-7;1-5(2)7-6(3)4/h1-10,13,15H;2-6H,1H3;5-6H,1-4H3. The quantitative estimate of drug-likeness (QED) is 0.275. The molecule has 3 rings (SSSR count). The van der Waals surface area contributed by atoms with Crippen molar-refractivity contribution in [3.05, 3.63) is 108 Å². The molecule has 0 fully saturated rings. The number of esters is 1. The Hall–Kier alpha value is -3.61. The summed E-state index contributed by atoms with van der Waals surface area (Å²) in [6.45, 7) is 8.17. The van der Waals surface area contributed by atoms with Crippen LogP contribution >= 0.6 is 0 Å². The number of hydrogen-bond acceptors (Lipinski definition) is 6. The topological polar surface area (TPSA) is 89.9 Å². The number of benzene rings is 3. The van der Waals surface area contributed by atoms with Crippen LogP contribution in [0.15, 0.2) is 91.0 Å². The Kier molecular flexibility index (Phi) is 13.5. The Bertz CT molecular complexity index is 1010. The number of rotatable bonds is 7. The lowest BCUT2D eigenvalue weighted by atomic mass is 10.0. The maximum absolute atomic E-state index is 11.9. The van der Waals surface area contributed by atoms with Crippen molar-refractivity contribution in [3.63, 3.8) is 0 Å². The second kappa shape index (κ2) is 16.1. The molecule has 0 spiro atoms. The molecule has 0 aliphatic carbocycles. The molecule has 3 aromatic carbocycles. The van der Waals surface area contributed by atoms with Crippen molar-refractivity contribution >= 4 is 17.5 Å². The molecule has 1 unspecified atom stereocenters. The summed E-state index contributed by atoms with van der Waals surface area (Å²) in [4.78, 5) is 33.7. The summed E-state index contributed by atoms with van der Waals surface area (Å²) in [6.07, 6.45) is -0.330. The fourth-order valence-corrected chi connectivity index (χ4v) is 2.89. The molecular formula is C29H34O6. The number of ether oxygens (including phenoxy) is 2. The van der Waals surface area contributed by atoms with Crippen molar-refractivity contribution in [2.75, 3.05) is 7.11 Å². The second-order valence-corrected chi connectivity index (χ2v) is 7.96. The SMILES string of the molecule is CC(C)OC(C)C.COC(=O)C(=O)c1ccccc1.O=C(c1ccccc1)C(O)c1ccccc1. The molecular weight excluding hydrogens is 444 g/mol. The van der Waals surface area contributed by atoms with Gasteiger partial charge in [-0.2, -0.15) is 0 Å². The molecule has 0 heterocycles. The second-order valence-electron chi connectivity index (χ2n) is 7.96. The summed E-state index contributed by atoms with van der Waals surface area (Å²) in [7, 11) is 1.18. The fraction of sp³-hybridized carbons (Fsp3) is 0.276. The predicted octanol–water partition coefficient (Wildman–Crippen LogP) is 5.47. The number of aliphatic hydroxyl groups excluding tert-OH is 1. The highest BCUT2D eigenvalue weighted by molar-refractivity contribution is 6.40. The molecule has 6 heteroatoms. The maximum atomic E-state index is 11.9. The largest absolute Gasteiger partial charge is 0.463 e. The zero-order chi connectivity index (χ0) is 26.2. The molecule has 0 bridgehead atoms. The smallest absolute Gasteiger partial charge is 0.379 e. The highest BCUT2D eigenvalue weighted by atomic mass is 16.5. The average Bonchev–Trinajstić information content (AvgIpc) is 2.88. The van der Waals surface area contributed by atoms with Gasteiger partial charge in [-0.3, -0.25) is 9.59 Å². The first-order chi connectivity index (χ1) is 16.7. The normalized spacial score (nSPS) is 10.9. The van der Waals surface area contributed by atoms with Gasteiger partial charge < -0.3 is 14.6 Å². The predicted molar refractivity (Wildman–Crippen MR) is 136 cm³/mol. The van der Waals surface area contributed by atoms with Gasteiger partial charge in [0, 0.05) is 11.1 Å². The lowest BCUT2D eigenvalue weighted by Crippen LogP contribution is -2.15. The minimum atomic E-state index is -1.08. The van der Waals surface area contributed by atoms with E-state index >= 15 is 0 Å². The summed E-state index contributed by atoms with van der Waals surface area (Å²) >= 11 is 0. The third-order valence-corrected chi connectivity index (χ3v) is 4.37. The van der Waals surface area contributed by atoms with E-state index in [1.807, 2.05) is 39.8 Å². The number of Topliss-reactive ketones (excluding diaryl/α,β-unsaturated/α-hetero) is 2. The first kappa shape index (κ1) is 29.4. The van der Waals surface area contributed by atoms with Gasteiger partial charge >= 0.3 is 5.97 Å². The van der Waals surface area contributed by atoms with Crippen molar-refractivity contribution in [3.8, 4) is 0 Å². The van der Waals surface area contributed by atoms with Crippen LogP contribution in [-0.4, -0.2) is 42.0 Å². The lowest BCUT2D eigenvalue weighted by Gasteiger charge is -2.09. The summed E-state index contributed by atoms with van der Waals surface area (Å²) in [6, 6.07) is 26.0. The first-order valence-electron chi connectivity index (χ1n) is 11.3. The van der Waals surface area contributed by atoms with Crippen LogP contribution in [0, 0.1) is 0 Å². The van der Waals surface area contributed by atoms with Crippen molar-refractivity contribution in [1.29, 1.82) is 0 Å². The molecule has 3 aromatic rings. The van der Waals surface area contributed by atoms with E-state index in [0.717, 1.165) is 0 Å². The molecule has 0 saturated carbocycles. The maximum Gasteiger partial charge on any atom is 0.379 e. The summed E-state index contributed by atoms with van der Waals surface area (Å²) in [5.74, 6) is -1.72. The first-order valence-corrected chi connectivity index (χ1v) is 11.3. The van der Waals surface area contributed by atoms with Gasteiger partial charge in [-0.15, -0.1) is 0 Å². The Morgan fingerprint density at radius 2 is 1.06 bits per heavy atom. The molecule has 0 aliphatic heterocycles. The van der Waals surface area contributed by atoms with E-state index in [1.165, 1.54) is 7.11 Å². The lowest BCUT2D eigenvalue weighted by molar-refractivity contribution is -0.135. The number of ketones is 2. The molecule has 0 aromatic heterocycles. The number of hydrogen-bond donors (Lipinski definition) is 1. The molecule has 0 aliphatic rings. The molecule has 0 saturated heterocycles. The molecule has 35 heavy (non-hydrogen) atoms. The fourth-order valence-electron chi connectivity index (χ4n) is 2.89. The van der Waals surface area contributed by atoms with E-state index in [1.54, 1.807) is 78.9 Å². The van der Waals surface area contributed by atoms with Crippen molar-refractivity contribution in [2.24, 2.45) is 0 Å². The van der Waals surface area contributed by atoms with Gasteiger partial charge in [0.2, 0.25) is 0 Å². The van der Waals surface area contributed by atoms with Crippen LogP contribution in [0.1, 0.15) is 60.1 Å². The highest BCUT2D eigenvalue weighted by Gasteiger charge is 2.18. The van der Waals surface area contributed by atoms with Gasteiger partial charge in [-0.1, -0.05) is 91.0 Å². The van der Waals surface area contributed by atoms with Gasteiger partial charge in [0.25, 0.3) is 5.78 Å². The molecule has 186 valence electrons. The Morgan fingerprint density at radius 1 is 0.657 bits per heavy atom. The minimum Gasteiger partial charge on any atom is -0.463 e. The third kappa shape index (κ3) is 11.4. The summed E-state index contributed by atoms with van der Waals surface area (Å²) in [5.41, 5.74) is 1.50. The van der Waals surface area contributed by atoms with Crippen LogP contribution in [0.3, 0.4) is 0 Å². The van der Waals surface area contributed by atoms with Crippen LogP contribution in [0.4, 0.5) is 0 Å². The zero-order valence-corrected chi connectivity index (χ0v) is 20.9. The highest BCUT2D eigenvalue weighted by Crippen LogP contribution is 2.17. The Morgan fingerprint density at radius 3 is 1.43 bits per heavy atom. The van der Waals surface area contributed by atoms with Gasteiger partial charge in [0.1, 0.15) is 6.10 Å². The van der Waals surface area contributed by atoms with Gasteiger partial charge in [0.05, 0.1) is 19.3 Å². The van der Waals surface area contributed by atoms with Gasteiger partial charge in [-0.05, 0) is 33.3 Å². The van der Waals surface area contributed by atoms with Crippen molar-refractivity contribution < 1.29 is 29.0 Å². The van der Waals surface area contributed by atoms with Crippen LogP contribution in [-0.2, 0) is 14.3 Å². The van der Waals surface area contributed by atoms with E-state index in [-0.39, 0.29) is 5.78 Å². The Labute approximate surface area is 207 Å². The molecule has 6 nitrogen and oxygen atoms in total. The minimum absolute atomic E-state index is 0.271. The van der Waals surface area contributed by atoms with E-state index in [2.05, 4.69) is 4.74 Å². The third-order valence-electron chi connectivity index (χ3n) is 4.37. The summed E-state index contributed by atoms with van der Waals surface area (Å²) in [5, 5.41) is 9.89. The van der Waals surface area contributed by atoms with E-state index in [0.29, 0.717) is 28.9 Å². The van der Waals surface area contributed by atoms with Gasteiger partial charge in [0.15, 0.2) is 5.78 Å². The summed E-state index contributed by atoms with van der Waals surface area (Å²) < 4.78 is 9.53. The molecule has 1 N–H and O–H groups in total. The van der Waals surface area contributed by atoms with Gasteiger partial charge in [-0.25, -0.2) is 4.79 Å². The van der Waals surface area contributed by atoms with E-state index < -0.39 is 17.9 Å². The molecule has 1 atom stereocenters.